The van der Waals surface area contributed by atoms with Crippen LogP contribution < -0.4 is 0 Å². The van der Waals surface area contributed by atoms with Crippen LogP contribution >= 0.6 is 0 Å². The molecule has 0 heterocycles. The second-order valence-corrected chi connectivity index (χ2v) is 11.0. The molecule has 1 rings (SSSR count). The Morgan fingerprint density at radius 1 is 0.613 bits per heavy atom. The fourth-order valence-electron chi connectivity index (χ4n) is 4.91. The maximum absolute atomic E-state index is 2.45. The molecular formula is C30H56N+. The minimum atomic E-state index is 0.155. The van der Waals surface area contributed by atoms with Gasteiger partial charge in [-0.15, -0.1) is 0 Å². The molecule has 180 valence electrons. The van der Waals surface area contributed by atoms with Crippen LogP contribution in [0.2, 0.25) is 0 Å². The van der Waals surface area contributed by atoms with Gasteiger partial charge in [-0.25, -0.2) is 0 Å². The molecule has 0 fully saturated rings. The Kier molecular flexibility index (Phi) is 14.5. The predicted molar refractivity (Wildman–Crippen MR) is 141 cm³/mol. The van der Waals surface area contributed by atoms with E-state index in [1.165, 1.54) is 109 Å². The number of hydrogen-bond donors (Lipinski definition) is 0. The van der Waals surface area contributed by atoms with Gasteiger partial charge in [0.15, 0.2) is 0 Å². The third-order valence-electron chi connectivity index (χ3n) is 7.78. The average Bonchev–Trinajstić information content (AvgIpc) is 2.74. The van der Waals surface area contributed by atoms with Crippen molar-refractivity contribution in [1.82, 2.24) is 0 Å². The number of aryl methyl sites for hydroxylation is 1. The van der Waals surface area contributed by atoms with Crippen LogP contribution in [0.25, 0.3) is 0 Å². The highest BCUT2D eigenvalue weighted by atomic mass is 15.4. The van der Waals surface area contributed by atoms with Gasteiger partial charge in [0.05, 0.1) is 20.6 Å². The largest absolute Gasteiger partial charge is 0.320 e. The molecule has 0 radical (unpaired) electrons. The molecule has 0 aliphatic heterocycles. The Morgan fingerprint density at radius 3 is 1.55 bits per heavy atom. The van der Waals surface area contributed by atoms with E-state index in [0.717, 1.165) is 4.48 Å². The van der Waals surface area contributed by atoms with Crippen LogP contribution in [0.3, 0.4) is 0 Å². The van der Waals surface area contributed by atoms with Gasteiger partial charge >= 0.3 is 0 Å². The second-order valence-electron chi connectivity index (χ2n) is 11.0. The molecule has 0 aromatic heterocycles. The van der Waals surface area contributed by atoms with Crippen molar-refractivity contribution in [3.63, 3.8) is 0 Å². The van der Waals surface area contributed by atoms with E-state index in [4.69, 9.17) is 0 Å². The first kappa shape index (κ1) is 28.2. The summed E-state index contributed by atoms with van der Waals surface area (Å²) >= 11 is 0. The van der Waals surface area contributed by atoms with Gasteiger partial charge in [-0.3, -0.25) is 0 Å². The van der Waals surface area contributed by atoms with E-state index in [2.05, 4.69) is 66.1 Å². The third kappa shape index (κ3) is 10.6. The third-order valence-corrected chi connectivity index (χ3v) is 7.78. The zero-order valence-electron chi connectivity index (χ0n) is 22.3. The Labute approximate surface area is 196 Å². The van der Waals surface area contributed by atoms with Crippen molar-refractivity contribution in [1.29, 1.82) is 0 Å². The van der Waals surface area contributed by atoms with Gasteiger partial charge < -0.3 is 4.48 Å². The molecular weight excluding hydrogens is 374 g/mol. The van der Waals surface area contributed by atoms with Crippen LogP contribution in [-0.4, -0.2) is 25.1 Å². The lowest BCUT2D eigenvalue weighted by Crippen LogP contribution is -2.54. The normalized spacial score (nSPS) is 12.5. The van der Waals surface area contributed by atoms with Gasteiger partial charge in [-0.2, -0.15) is 0 Å². The minimum absolute atomic E-state index is 0.155. The van der Waals surface area contributed by atoms with Crippen molar-refractivity contribution in [2.75, 3.05) is 20.6 Å². The molecule has 1 nitrogen and oxygen atoms in total. The van der Waals surface area contributed by atoms with E-state index in [1.807, 2.05) is 0 Å². The van der Waals surface area contributed by atoms with Crippen LogP contribution in [0.1, 0.15) is 135 Å². The molecule has 0 aliphatic rings. The molecule has 31 heavy (non-hydrogen) atoms. The van der Waals surface area contributed by atoms with Crippen LogP contribution in [0.5, 0.6) is 0 Å². The molecule has 0 saturated carbocycles. The highest BCUT2D eigenvalue weighted by molar-refractivity contribution is 5.31. The molecule has 0 aliphatic carbocycles. The van der Waals surface area contributed by atoms with Gasteiger partial charge in [-0.05, 0) is 38.7 Å². The SMILES string of the molecule is CCCCCCCCCCCCCCCC[N+](C)(C)C(C)(C)c1ccccc1CCC. The van der Waals surface area contributed by atoms with Gasteiger partial charge in [0.2, 0.25) is 0 Å². The Bertz CT molecular complexity index is 557. The average molecular weight is 431 g/mol. The predicted octanol–water partition coefficient (Wildman–Crippen LogP) is 9.43. The first-order valence-electron chi connectivity index (χ1n) is 13.8. The van der Waals surface area contributed by atoms with E-state index >= 15 is 0 Å². The lowest BCUT2D eigenvalue weighted by Gasteiger charge is -2.46. The van der Waals surface area contributed by atoms with Crippen LogP contribution in [0.4, 0.5) is 0 Å². The summed E-state index contributed by atoms with van der Waals surface area (Å²) in [6.07, 6.45) is 22.5. The molecule has 0 amide bonds. The van der Waals surface area contributed by atoms with Gasteiger partial charge in [0, 0.05) is 5.56 Å². The molecule has 0 atom stereocenters. The summed E-state index contributed by atoms with van der Waals surface area (Å²) in [5.74, 6) is 0. The molecule has 0 N–H and O–H groups in total. The Morgan fingerprint density at radius 2 is 1.06 bits per heavy atom. The zero-order chi connectivity index (χ0) is 23.0. The van der Waals surface area contributed by atoms with Crippen molar-refractivity contribution in [2.24, 2.45) is 0 Å². The van der Waals surface area contributed by atoms with E-state index in [9.17, 15) is 0 Å². The van der Waals surface area contributed by atoms with Gasteiger partial charge in [-0.1, -0.05) is 122 Å². The van der Waals surface area contributed by atoms with Crippen LogP contribution in [0.15, 0.2) is 24.3 Å². The lowest BCUT2D eigenvalue weighted by atomic mass is 9.85. The van der Waals surface area contributed by atoms with Crippen molar-refractivity contribution in [3.05, 3.63) is 35.4 Å². The maximum atomic E-state index is 2.45. The second kappa shape index (κ2) is 15.9. The van der Waals surface area contributed by atoms with Crippen molar-refractivity contribution >= 4 is 0 Å². The monoisotopic (exact) mass is 430 g/mol. The minimum Gasteiger partial charge on any atom is -0.320 e. The molecule has 0 unspecified atom stereocenters. The van der Waals surface area contributed by atoms with Gasteiger partial charge in [0.1, 0.15) is 5.54 Å². The van der Waals surface area contributed by atoms with Crippen LogP contribution in [-0.2, 0) is 12.0 Å². The van der Waals surface area contributed by atoms with E-state index < -0.39 is 0 Å². The van der Waals surface area contributed by atoms with Crippen molar-refractivity contribution in [2.45, 2.75) is 136 Å². The fraction of sp³-hybridized carbons (Fsp3) is 0.800. The first-order valence-corrected chi connectivity index (χ1v) is 13.8. The number of benzene rings is 1. The van der Waals surface area contributed by atoms with E-state index in [-0.39, 0.29) is 5.54 Å². The number of hydrogen-bond acceptors (Lipinski definition) is 0. The first-order chi connectivity index (χ1) is 14.9. The molecule has 0 spiro atoms. The summed E-state index contributed by atoms with van der Waals surface area (Å²) in [7, 11) is 4.87. The number of unbranched alkanes of at least 4 members (excludes halogenated alkanes) is 13. The summed E-state index contributed by atoms with van der Waals surface area (Å²) in [5.41, 5.74) is 3.25. The van der Waals surface area contributed by atoms with Crippen molar-refractivity contribution < 1.29 is 4.48 Å². The quantitative estimate of drug-likeness (QED) is 0.151. The topological polar surface area (TPSA) is 0 Å². The Balaban J connectivity index is 2.20. The highest BCUT2D eigenvalue weighted by Crippen LogP contribution is 2.35. The molecule has 1 aromatic carbocycles. The molecule has 1 aromatic rings. The summed E-state index contributed by atoms with van der Waals surface area (Å²) in [4.78, 5) is 0. The van der Waals surface area contributed by atoms with Crippen LogP contribution in [0, 0.1) is 0 Å². The number of nitrogens with zero attached hydrogens (tertiary/aromatic N) is 1. The molecule has 0 bridgehead atoms. The lowest BCUT2D eigenvalue weighted by molar-refractivity contribution is -0.945. The fourth-order valence-corrected chi connectivity index (χ4v) is 4.91. The van der Waals surface area contributed by atoms with E-state index in [0.29, 0.717) is 0 Å². The summed E-state index contributed by atoms with van der Waals surface area (Å²) in [5, 5.41) is 0. The smallest absolute Gasteiger partial charge is 0.119 e. The zero-order valence-corrected chi connectivity index (χ0v) is 22.3. The molecule has 0 saturated heterocycles. The number of rotatable bonds is 19. The van der Waals surface area contributed by atoms with Crippen molar-refractivity contribution in [3.8, 4) is 0 Å². The highest BCUT2D eigenvalue weighted by Gasteiger charge is 2.38. The number of quaternary nitrogens is 1. The maximum Gasteiger partial charge on any atom is 0.119 e. The van der Waals surface area contributed by atoms with E-state index in [1.54, 1.807) is 11.1 Å². The standard InChI is InChI=1S/C30H56N/c1-7-9-10-11-12-13-14-15-16-17-18-19-20-23-27-31(5,6)30(3,4)29-26-22-21-25-28(29)24-8-2/h21-22,25-26H,7-20,23-24,27H2,1-6H3/q+1. The summed E-state index contributed by atoms with van der Waals surface area (Å²) < 4.78 is 1.08. The Hall–Kier alpha value is -0.820. The van der Waals surface area contributed by atoms with Gasteiger partial charge in [0.25, 0.3) is 0 Å². The molecule has 1 heteroatoms. The summed E-state index contributed by atoms with van der Waals surface area (Å²) in [6, 6.07) is 9.14. The summed E-state index contributed by atoms with van der Waals surface area (Å²) in [6.45, 7) is 10.8.